The summed E-state index contributed by atoms with van der Waals surface area (Å²) in [4.78, 5) is 33.5. The van der Waals surface area contributed by atoms with Crippen molar-refractivity contribution in [3.05, 3.63) is 48.2 Å². The highest BCUT2D eigenvalue weighted by molar-refractivity contribution is 8.00. The van der Waals surface area contributed by atoms with E-state index in [4.69, 9.17) is 0 Å². The third kappa shape index (κ3) is 5.35. The number of benzene rings is 1. The van der Waals surface area contributed by atoms with Gasteiger partial charge in [-0.15, -0.1) is 11.8 Å². The SMILES string of the molecule is CCN(CC)c1ccc(NC(=O)c2ccccc2SCC(=O)NC23CC4CC(CC(C4)C2)C3)cn1. The molecule has 0 atom stereocenters. The Bertz CT molecular complexity index is 1030. The normalized spacial score (nSPS) is 26.4. The predicted molar refractivity (Wildman–Crippen MR) is 142 cm³/mol. The first-order chi connectivity index (χ1) is 17.0. The maximum Gasteiger partial charge on any atom is 0.256 e. The summed E-state index contributed by atoms with van der Waals surface area (Å²) in [5, 5.41) is 6.39. The highest BCUT2D eigenvalue weighted by Crippen LogP contribution is 2.55. The lowest BCUT2D eigenvalue weighted by molar-refractivity contribution is -0.124. The molecule has 1 heterocycles. The van der Waals surface area contributed by atoms with Gasteiger partial charge < -0.3 is 15.5 Å². The molecule has 0 saturated heterocycles. The van der Waals surface area contributed by atoms with E-state index in [9.17, 15) is 9.59 Å². The Labute approximate surface area is 212 Å². The molecule has 0 radical (unpaired) electrons. The smallest absolute Gasteiger partial charge is 0.256 e. The van der Waals surface area contributed by atoms with Crippen LogP contribution in [0.5, 0.6) is 0 Å². The summed E-state index contributed by atoms with van der Waals surface area (Å²) in [6.07, 6.45) is 9.22. The van der Waals surface area contributed by atoms with E-state index in [0.29, 0.717) is 17.0 Å². The van der Waals surface area contributed by atoms with Gasteiger partial charge >= 0.3 is 0 Å². The number of pyridine rings is 1. The Morgan fingerprint density at radius 1 is 1.00 bits per heavy atom. The summed E-state index contributed by atoms with van der Waals surface area (Å²) < 4.78 is 0. The Morgan fingerprint density at radius 2 is 1.66 bits per heavy atom. The second-order valence-electron chi connectivity index (χ2n) is 10.6. The zero-order valence-corrected chi connectivity index (χ0v) is 21.6. The van der Waals surface area contributed by atoms with E-state index in [1.54, 1.807) is 6.20 Å². The van der Waals surface area contributed by atoms with Gasteiger partial charge in [0.05, 0.1) is 23.2 Å². The first-order valence-electron chi connectivity index (χ1n) is 13.0. The van der Waals surface area contributed by atoms with Crippen molar-refractivity contribution in [1.29, 1.82) is 0 Å². The first-order valence-corrected chi connectivity index (χ1v) is 14.0. The summed E-state index contributed by atoms with van der Waals surface area (Å²) in [7, 11) is 0. The number of carbonyl (C=O) groups excluding carboxylic acids is 2. The van der Waals surface area contributed by atoms with Gasteiger partial charge in [0.2, 0.25) is 5.91 Å². The number of anilines is 2. The van der Waals surface area contributed by atoms with Crippen molar-refractivity contribution in [2.45, 2.75) is 62.8 Å². The summed E-state index contributed by atoms with van der Waals surface area (Å²) >= 11 is 1.44. The molecule has 4 aliphatic rings. The Kier molecular flexibility index (Phi) is 7.05. The van der Waals surface area contributed by atoms with Gasteiger partial charge in [0, 0.05) is 23.5 Å². The van der Waals surface area contributed by atoms with E-state index in [1.807, 2.05) is 36.4 Å². The van der Waals surface area contributed by atoms with Crippen LogP contribution in [0, 0.1) is 17.8 Å². The maximum atomic E-state index is 13.0. The topological polar surface area (TPSA) is 74.3 Å². The number of nitrogens with one attached hydrogen (secondary N) is 2. The average molecular weight is 493 g/mol. The van der Waals surface area contributed by atoms with Crippen LogP contribution in [-0.4, -0.2) is 41.2 Å². The van der Waals surface area contributed by atoms with Crippen molar-refractivity contribution in [2.24, 2.45) is 17.8 Å². The van der Waals surface area contributed by atoms with Crippen LogP contribution in [-0.2, 0) is 4.79 Å². The molecular formula is C28H36N4O2S. The minimum atomic E-state index is -0.188. The highest BCUT2D eigenvalue weighted by atomic mass is 32.2. The van der Waals surface area contributed by atoms with Crippen LogP contribution in [0.25, 0.3) is 0 Å². The molecule has 0 unspecified atom stereocenters. The number of thioether (sulfide) groups is 1. The van der Waals surface area contributed by atoms with E-state index < -0.39 is 0 Å². The van der Waals surface area contributed by atoms with Gasteiger partial charge in [-0.2, -0.15) is 0 Å². The Morgan fingerprint density at radius 3 is 2.26 bits per heavy atom. The number of carbonyl (C=O) groups is 2. The molecule has 6 nitrogen and oxygen atoms in total. The van der Waals surface area contributed by atoms with Gasteiger partial charge in [-0.1, -0.05) is 12.1 Å². The average Bonchev–Trinajstić information content (AvgIpc) is 2.83. The molecule has 7 heteroatoms. The van der Waals surface area contributed by atoms with Gasteiger partial charge in [0.25, 0.3) is 5.91 Å². The number of hydrogen-bond donors (Lipinski definition) is 2. The molecule has 4 saturated carbocycles. The molecule has 0 spiro atoms. The molecule has 186 valence electrons. The van der Waals surface area contributed by atoms with Gasteiger partial charge in [0.15, 0.2) is 0 Å². The van der Waals surface area contributed by atoms with Gasteiger partial charge in [-0.3, -0.25) is 9.59 Å². The van der Waals surface area contributed by atoms with Crippen LogP contribution >= 0.6 is 11.8 Å². The molecule has 2 amide bonds. The van der Waals surface area contributed by atoms with Crippen LogP contribution < -0.4 is 15.5 Å². The molecule has 0 aliphatic heterocycles. The third-order valence-corrected chi connectivity index (χ3v) is 9.10. The molecule has 2 aromatic rings. The van der Waals surface area contributed by atoms with Crippen molar-refractivity contribution in [3.8, 4) is 0 Å². The van der Waals surface area contributed by atoms with Crippen LogP contribution in [0.1, 0.15) is 62.7 Å². The zero-order valence-electron chi connectivity index (χ0n) is 20.8. The van der Waals surface area contributed by atoms with Crippen molar-refractivity contribution in [1.82, 2.24) is 10.3 Å². The van der Waals surface area contributed by atoms with Crippen LogP contribution in [0.4, 0.5) is 11.5 Å². The summed E-state index contributed by atoms with van der Waals surface area (Å²) in [5.74, 6) is 3.52. The van der Waals surface area contributed by atoms with Crippen LogP contribution in [0.2, 0.25) is 0 Å². The van der Waals surface area contributed by atoms with E-state index in [0.717, 1.165) is 60.8 Å². The fourth-order valence-corrected chi connectivity index (χ4v) is 7.76. The molecule has 2 N–H and O–H groups in total. The molecule has 6 rings (SSSR count). The summed E-state index contributed by atoms with van der Waals surface area (Å²) in [5.41, 5.74) is 1.26. The van der Waals surface area contributed by atoms with Crippen molar-refractivity contribution < 1.29 is 9.59 Å². The Hall–Kier alpha value is -2.54. The number of amides is 2. The molecule has 35 heavy (non-hydrogen) atoms. The lowest BCUT2D eigenvalue weighted by Gasteiger charge is -2.56. The molecule has 4 aliphatic carbocycles. The molecule has 1 aromatic carbocycles. The fourth-order valence-electron chi connectivity index (χ4n) is 6.91. The lowest BCUT2D eigenvalue weighted by atomic mass is 9.53. The van der Waals surface area contributed by atoms with E-state index in [1.165, 1.54) is 31.0 Å². The third-order valence-electron chi connectivity index (χ3n) is 8.03. The quantitative estimate of drug-likeness (QED) is 0.461. The first kappa shape index (κ1) is 24.2. The van der Waals surface area contributed by atoms with Crippen LogP contribution in [0.15, 0.2) is 47.5 Å². The fraction of sp³-hybridized carbons (Fsp3) is 0.536. The largest absolute Gasteiger partial charge is 0.357 e. The zero-order chi connectivity index (χ0) is 24.4. The van der Waals surface area contributed by atoms with Crippen molar-refractivity contribution in [3.63, 3.8) is 0 Å². The van der Waals surface area contributed by atoms with Crippen molar-refractivity contribution in [2.75, 3.05) is 29.1 Å². The number of rotatable bonds is 9. The van der Waals surface area contributed by atoms with Gasteiger partial charge in [-0.05, 0) is 94.4 Å². The monoisotopic (exact) mass is 492 g/mol. The van der Waals surface area contributed by atoms with Crippen LogP contribution in [0.3, 0.4) is 0 Å². The predicted octanol–water partition coefficient (Wildman–Crippen LogP) is 5.36. The van der Waals surface area contributed by atoms with Gasteiger partial charge in [0.1, 0.15) is 5.82 Å². The number of aromatic nitrogens is 1. The summed E-state index contributed by atoms with van der Waals surface area (Å²) in [6.45, 7) is 5.96. The second kappa shape index (κ2) is 10.2. The number of nitrogens with zero attached hydrogens (tertiary/aromatic N) is 2. The molecule has 1 aromatic heterocycles. The maximum absolute atomic E-state index is 13.0. The van der Waals surface area contributed by atoms with E-state index in [2.05, 4.69) is 34.4 Å². The Balaban J connectivity index is 1.19. The summed E-state index contributed by atoms with van der Waals surface area (Å²) in [6, 6.07) is 11.3. The number of hydrogen-bond acceptors (Lipinski definition) is 5. The highest BCUT2D eigenvalue weighted by Gasteiger charge is 2.51. The lowest BCUT2D eigenvalue weighted by Crippen LogP contribution is -2.60. The standard InChI is InChI=1S/C28H36N4O2S/c1-3-32(4-2)25-10-9-22(17-29-25)30-27(34)23-7-5-6-8-24(23)35-18-26(33)31-28-14-19-11-20(15-28)13-21(12-19)16-28/h5-10,17,19-21H,3-4,11-16,18H2,1-2H3,(H,30,34)(H,31,33). The van der Waals surface area contributed by atoms with E-state index >= 15 is 0 Å². The second-order valence-corrected chi connectivity index (χ2v) is 11.6. The van der Waals surface area contributed by atoms with E-state index in [-0.39, 0.29) is 17.4 Å². The molecular weight excluding hydrogens is 456 g/mol. The molecule has 4 fully saturated rings. The van der Waals surface area contributed by atoms with Crippen molar-refractivity contribution >= 4 is 35.1 Å². The van der Waals surface area contributed by atoms with Gasteiger partial charge in [-0.25, -0.2) is 4.98 Å². The minimum absolute atomic E-state index is 0.0214. The molecule has 4 bridgehead atoms. The minimum Gasteiger partial charge on any atom is -0.357 e.